The molecule has 18 heavy (non-hydrogen) atoms. The Morgan fingerprint density at radius 2 is 2.28 bits per heavy atom. The largest absolute Gasteiger partial charge is 0.340 e. The maximum Gasteiger partial charge on any atom is 0.274 e. The predicted octanol–water partition coefficient (Wildman–Crippen LogP) is 2.60. The van der Waals surface area contributed by atoms with Crippen LogP contribution in [0.15, 0.2) is 36.9 Å². The van der Waals surface area contributed by atoms with Gasteiger partial charge in [0.15, 0.2) is 5.69 Å². The molecule has 0 radical (unpaired) electrons. The van der Waals surface area contributed by atoms with Crippen molar-refractivity contribution in [2.45, 2.75) is 12.8 Å². The Labute approximate surface area is 106 Å². The molecule has 2 rings (SSSR count). The molecule has 0 aliphatic heterocycles. The minimum absolute atomic E-state index is 0.0449. The Kier molecular flexibility index (Phi) is 3.77. The van der Waals surface area contributed by atoms with Gasteiger partial charge in [0.2, 0.25) is 0 Å². The van der Waals surface area contributed by atoms with Crippen molar-refractivity contribution in [3.8, 4) is 0 Å². The summed E-state index contributed by atoms with van der Waals surface area (Å²) >= 11 is 0. The van der Waals surface area contributed by atoms with Crippen molar-refractivity contribution in [3.05, 3.63) is 42.6 Å². The normalized spacial score (nSPS) is 10.5. The van der Waals surface area contributed by atoms with Gasteiger partial charge in [0.1, 0.15) is 0 Å². The van der Waals surface area contributed by atoms with Crippen molar-refractivity contribution in [2.24, 2.45) is 0 Å². The van der Waals surface area contributed by atoms with E-state index in [9.17, 15) is 4.79 Å². The molecule has 0 aliphatic carbocycles. The first-order valence-corrected chi connectivity index (χ1v) is 6.03. The van der Waals surface area contributed by atoms with Crippen molar-refractivity contribution in [1.29, 1.82) is 0 Å². The molecule has 1 heterocycles. The van der Waals surface area contributed by atoms with Crippen molar-refractivity contribution >= 4 is 16.8 Å². The van der Waals surface area contributed by atoms with Crippen LogP contribution in [-0.2, 0) is 0 Å². The number of amides is 1. The van der Waals surface area contributed by atoms with Crippen LogP contribution in [0.3, 0.4) is 0 Å². The average Bonchev–Trinajstić information content (AvgIpc) is 2.82. The second kappa shape index (κ2) is 5.49. The van der Waals surface area contributed by atoms with E-state index in [1.54, 1.807) is 11.9 Å². The number of H-pyrrole nitrogens is 1. The topological polar surface area (TPSA) is 49.0 Å². The van der Waals surface area contributed by atoms with Crippen molar-refractivity contribution < 1.29 is 4.79 Å². The van der Waals surface area contributed by atoms with Crippen LogP contribution in [0.25, 0.3) is 10.9 Å². The summed E-state index contributed by atoms with van der Waals surface area (Å²) in [5.74, 6) is -0.0449. The molecule has 0 aliphatic rings. The van der Waals surface area contributed by atoms with Gasteiger partial charge in [-0.2, -0.15) is 5.10 Å². The number of benzene rings is 1. The number of nitrogens with one attached hydrogen (secondary N) is 1. The summed E-state index contributed by atoms with van der Waals surface area (Å²) < 4.78 is 0. The number of nitrogens with zero attached hydrogens (tertiary/aromatic N) is 2. The number of allylic oxidation sites excluding steroid dienone is 1. The molecule has 0 saturated heterocycles. The number of carbonyl (C=O) groups excluding carboxylic acids is 1. The monoisotopic (exact) mass is 243 g/mol. The molecular formula is C14H17N3O. The third-order valence-electron chi connectivity index (χ3n) is 2.92. The molecule has 1 aromatic heterocycles. The van der Waals surface area contributed by atoms with Crippen molar-refractivity contribution in [1.82, 2.24) is 15.1 Å². The number of unbranched alkanes of at least 4 members (excludes halogenated alkanes) is 1. The van der Waals surface area contributed by atoms with Gasteiger partial charge in [-0.25, -0.2) is 0 Å². The van der Waals surface area contributed by atoms with Gasteiger partial charge in [-0.1, -0.05) is 24.3 Å². The zero-order valence-electron chi connectivity index (χ0n) is 10.5. The van der Waals surface area contributed by atoms with Gasteiger partial charge < -0.3 is 4.90 Å². The molecule has 0 spiro atoms. The number of aromatic nitrogens is 2. The van der Waals surface area contributed by atoms with Gasteiger partial charge in [0.05, 0.1) is 5.52 Å². The molecule has 94 valence electrons. The van der Waals surface area contributed by atoms with E-state index in [1.165, 1.54) is 0 Å². The third kappa shape index (κ3) is 2.42. The standard InChI is InChI=1S/C14H17N3O/c1-3-4-7-10-17(2)14(18)13-11-8-5-6-9-12(11)15-16-13/h3,5-6,8-9H,1,4,7,10H2,2H3,(H,15,16). The number of carbonyl (C=O) groups is 1. The van der Waals surface area contributed by atoms with Crippen molar-refractivity contribution in [2.75, 3.05) is 13.6 Å². The number of hydrogen-bond acceptors (Lipinski definition) is 2. The highest BCUT2D eigenvalue weighted by atomic mass is 16.2. The summed E-state index contributed by atoms with van der Waals surface area (Å²) in [7, 11) is 1.80. The minimum atomic E-state index is -0.0449. The molecule has 1 aromatic carbocycles. The minimum Gasteiger partial charge on any atom is -0.340 e. The second-order valence-corrected chi connectivity index (χ2v) is 4.28. The lowest BCUT2D eigenvalue weighted by Gasteiger charge is -2.15. The molecule has 0 fully saturated rings. The highest BCUT2D eigenvalue weighted by Crippen LogP contribution is 2.16. The number of fused-ring (bicyclic) bond motifs is 1. The van der Waals surface area contributed by atoms with E-state index < -0.39 is 0 Å². The lowest BCUT2D eigenvalue weighted by atomic mass is 10.2. The first-order chi connectivity index (χ1) is 8.74. The maximum absolute atomic E-state index is 12.2. The Morgan fingerprint density at radius 3 is 3.06 bits per heavy atom. The quantitative estimate of drug-likeness (QED) is 0.648. The highest BCUT2D eigenvalue weighted by molar-refractivity contribution is 6.04. The lowest BCUT2D eigenvalue weighted by Crippen LogP contribution is -2.28. The van der Waals surface area contributed by atoms with Crippen LogP contribution >= 0.6 is 0 Å². The van der Waals surface area contributed by atoms with E-state index in [2.05, 4.69) is 16.8 Å². The number of aromatic amines is 1. The first kappa shape index (κ1) is 12.4. The van der Waals surface area contributed by atoms with Gasteiger partial charge in [-0.15, -0.1) is 6.58 Å². The number of rotatable bonds is 5. The molecule has 1 N–H and O–H groups in total. The Balaban J connectivity index is 2.15. The zero-order chi connectivity index (χ0) is 13.0. The Morgan fingerprint density at radius 1 is 1.50 bits per heavy atom. The van der Waals surface area contributed by atoms with Gasteiger partial charge in [0, 0.05) is 19.0 Å². The van der Waals surface area contributed by atoms with Crippen LogP contribution in [0, 0.1) is 0 Å². The molecule has 0 unspecified atom stereocenters. The second-order valence-electron chi connectivity index (χ2n) is 4.28. The Bertz CT molecular complexity index is 559. The van der Waals surface area contributed by atoms with E-state index in [4.69, 9.17) is 0 Å². The lowest BCUT2D eigenvalue weighted by molar-refractivity contribution is 0.0790. The van der Waals surface area contributed by atoms with E-state index >= 15 is 0 Å². The molecule has 2 aromatic rings. The van der Waals surface area contributed by atoms with Crippen LogP contribution in [0.1, 0.15) is 23.3 Å². The van der Waals surface area contributed by atoms with Crippen LogP contribution < -0.4 is 0 Å². The van der Waals surface area contributed by atoms with Crippen LogP contribution in [0.5, 0.6) is 0 Å². The van der Waals surface area contributed by atoms with Crippen molar-refractivity contribution in [3.63, 3.8) is 0 Å². The fourth-order valence-electron chi connectivity index (χ4n) is 1.88. The molecule has 0 saturated carbocycles. The number of para-hydroxylation sites is 1. The Hall–Kier alpha value is -2.10. The summed E-state index contributed by atoms with van der Waals surface area (Å²) in [6, 6.07) is 7.65. The number of hydrogen-bond donors (Lipinski definition) is 1. The van der Waals surface area contributed by atoms with Gasteiger partial charge in [-0.3, -0.25) is 9.89 Å². The van der Waals surface area contributed by atoms with E-state index in [0.717, 1.165) is 23.7 Å². The molecule has 1 amide bonds. The summed E-state index contributed by atoms with van der Waals surface area (Å²) in [4.78, 5) is 13.9. The zero-order valence-corrected chi connectivity index (χ0v) is 10.5. The highest BCUT2D eigenvalue weighted by Gasteiger charge is 2.17. The van der Waals surface area contributed by atoms with Crippen LogP contribution in [0.4, 0.5) is 0 Å². The smallest absolute Gasteiger partial charge is 0.274 e. The summed E-state index contributed by atoms with van der Waals surface area (Å²) in [5, 5.41) is 7.86. The summed E-state index contributed by atoms with van der Waals surface area (Å²) in [6.07, 6.45) is 3.70. The molecular weight excluding hydrogens is 226 g/mol. The molecule has 0 bridgehead atoms. The third-order valence-corrected chi connectivity index (χ3v) is 2.92. The van der Waals surface area contributed by atoms with Crippen LogP contribution in [-0.4, -0.2) is 34.6 Å². The van der Waals surface area contributed by atoms with Gasteiger partial charge in [0.25, 0.3) is 5.91 Å². The fraction of sp³-hybridized carbons (Fsp3) is 0.286. The summed E-state index contributed by atoms with van der Waals surface area (Å²) in [6.45, 7) is 4.39. The fourth-order valence-corrected chi connectivity index (χ4v) is 1.88. The molecule has 4 heteroatoms. The first-order valence-electron chi connectivity index (χ1n) is 6.03. The molecule has 0 atom stereocenters. The predicted molar refractivity (Wildman–Crippen MR) is 72.5 cm³/mol. The maximum atomic E-state index is 12.2. The summed E-state index contributed by atoms with van der Waals surface area (Å²) in [5.41, 5.74) is 1.38. The van der Waals surface area contributed by atoms with E-state index in [-0.39, 0.29) is 5.91 Å². The van der Waals surface area contributed by atoms with E-state index in [1.807, 2.05) is 30.3 Å². The van der Waals surface area contributed by atoms with Crippen LogP contribution in [0.2, 0.25) is 0 Å². The molecule has 4 nitrogen and oxygen atoms in total. The SMILES string of the molecule is C=CCCCN(C)C(=O)c1n[nH]c2ccccc12. The van der Waals surface area contributed by atoms with Gasteiger partial charge >= 0.3 is 0 Å². The van der Waals surface area contributed by atoms with E-state index in [0.29, 0.717) is 12.2 Å². The van der Waals surface area contributed by atoms with Gasteiger partial charge in [-0.05, 0) is 18.9 Å². The average molecular weight is 243 g/mol.